The molecule has 0 unspecified atom stereocenters. The minimum absolute atomic E-state index is 0.524. The molecule has 0 amide bonds. The number of ether oxygens (including phenoxy) is 1. The molecule has 0 fully saturated rings. The summed E-state index contributed by atoms with van der Waals surface area (Å²) in [6.07, 6.45) is 2.06. The van der Waals surface area contributed by atoms with Crippen LogP contribution in [0.2, 0.25) is 0 Å². The van der Waals surface area contributed by atoms with Gasteiger partial charge in [0.2, 0.25) is 0 Å². The zero-order valence-electron chi connectivity index (χ0n) is 10.3. The fourth-order valence-corrected chi connectivity index (χ4v) is 1.89. The molecule has 0 bridgehead atoms. The SMILES string of the molecule is O=C(O)/C=C/Oc1ccc(N(CCCl)CCCl)cc1. The van der Waals surface area contributed by atoms with Crippen LogP contribution < -0.4 is 9.64 Å². The van der Waals surface area contributed by atoms with Gasteiger partial charge in [0.15, 0.2) is 0 Å². The normalized spacial score (nSPS) is 10.6. The van der Waals surface area contributed by atoms with Gasteiger partial charge >= 0.3 is 5.97 Å². The third-order valence-electron chi connectivity index (χ3n) is 2.33. The van der Waals surface area contributed by atoms with E-state index in [0.717, 1.165) is 18.0 Å². The molecule has 0 aliphatic rings. The van der Waals surface area contributed by atoms with Gasteiger partial charge in [-0.3, -0.25) is 0 Å². The number of carbonyl (C=O) groups is 1. The van der Waals surface area contributed by atoms with Gasteiger partial charge < -0.3 is 14.7 Å². The van der Waals surface area contributed by atoms with Crippen LogP contribution >= 0.6 is 23.2 Å². The molecular weight excluding hydrogens is 289 g/mol. The Morgan fingerprint density at radius 2 is 1.79 bits per heavy atom. The summed E-state index contributed by atoms with van der Waals surface area (Å²) in [5, 5.41) is 8.43. The summed E-state index contributed by atoms with van der Waals surface area (Å²) in [6.45, 7) is 1.43. The number of nitrogens with zero attached hydrogens (tertiary/aromatic N) is 1. The number of aliphatic carboxylic acids is 1. The number of rotatable bonds is 8. The Bertz CT molecular complexity index is 414. The highest BCUT2D eigenvalue weighted by Crippen LogP contribution is 2.19. The maximum absolute atomic E-state index is 10.3. The lowest BCUT2D eigenvalue weighted by atomic mass is 10.2. The van der Waals surface area contributed by atoms with Gasteiger partial charge in [0.1, 0.15) is 5.75 Å². The van der Waals surface area contributed by atoms with Crippen LogP contribution in [0.5, 0.6) is 5.75 Å². The molecule has 0 radical (unpaired) electrons. The molecule has 1 N–H and O–H groups in total. The predicted octanol–water partition coefficient (Wildman–Crippen LogP) is 2.95. The summed E-state index contributed by atoms with van der Waals surface area (Å²) >= 11 is 11.5. The van der Waals surface area contributed by atoms with E-state index in [4.69, 9.17) is 33.0 Å². The van der Waals surface area contributed by atoms with E-state index in [1.807, 2.05) is 12.1 Å². The zero-order valence-corrected chi connectivity index (χ0v) is 11.8. The minimum atomic E-state index is -1.05. The largest absolute Gasteiger partial charge is 0.478 e. The number of carboxylic acids is 1. The summed E-state index contributed by atoms with van der Waals surface area (Å²) in [4.78, 5) is 12.3. The number of hydrogen-bond donors (Lipinski definition) is 1. The summed E-state index contributed by atoms with van der Waals surface area (Å²) in [7, 11) is 0. The van der Waals surface area contributed by atoms with Crippen molar-refractivity contribution in [2.45, 2.75) is 0 Å². The van der Waals surface area contributed by atoms with E-state index in [9.17, 15) is 4.79 Å². The van der Waals surface area contributed by atoms with Crippen LogP contribution in [0.25, 0.3) is 0 Å². The fourth-order valence-electron chi connectivity index (χ4n) is 1.48. The molecule has 0 spiro atoms. The monoisotopic (exact) mass is 303 g/mol. The van der Waals surface area contributed by atoms with E-state index < -0.39 is 5.97 Å². The maximum Gasteiger partial charge on any atom is 0.331 e. The number of halogens is 2. The lowest BCUT2D eigenvalue weighted by molar-refractivity contribution is -0.131. The van der Waals surface area contributed by atoms with Gasteiger partial charge in [0.05, 0.1) is 12.3 Å². The lowest BCUT2D eigenvalue weighted by Crippen LogP contribution is -2.27. The standard InChI is InChI=1S/C13H15Cl2NO3/c14-6-8-16(9-7-15)11-1-3-12(4-2-11)19-10-5-13(17)18/h1-5,10H,6-9H2,(H,17,18)/b10-5+. The molecule has 0 atom stereocenters. The fraction of sp³-hybridized carbons (Fsp3) is 0.308. The summed E-state index contributed by atoms with van der Waals surface area (Å²) in [5.41, 5.74) is 0.996. The van der Waals surface area contributed by atoms with Crippen molar-refractivity contribution in [2.24, 2.45) is 0 Å². The first-order valence-electron chi connectivity index (χ1n) is 5.70. The Morgan fingerprint density at radius 3 is 2.26 bits per heavy atom. The summed E-state index contributed by atoms with van der Waals surface area (Å²) in [5.74, 6) is 0.567. The predicted molar refractivity (Wildman–Crippen MR) is 77.5 cm³/mol. The zero-order chi connectivity index (χ0) is 14.1. The van der Waals surface area contributed by atoms with E-state index in [1.54, 1.807) is 12.1 Å². The smallest absolute Gasteiger partial charge is 0.331 e. The van der Waals surface area contributed by atoms with Gasteiger partial charge in [0.25, 0.3) is 0 Å². The highest BCUT2D eigenvalue weighted by atomic mass is 35.5. The van der Waals surface area contributed by atoms with Crippen molar-refractivity contribution in [1.82, 2.24) is 0 Å². The second-order valence-electron chi connectivity index (χ2n) is 3.62. The molecule has 19 heavy (non-hydrogen) atoms. The molecule has 6 heteroatoms. The van der Waals surface area contributed by atoms with Gasteiger partial charge in [-0.05, 0) is 24.3 Å². The Morgan fingerprint density at radius 1 is 1.21 bits per heavy atom. The summed E-state index contributed by atoms with van der Waals surface area (Å²) < 4.78 is 5.14. The topological polar surface area (TPSA) is 49.8 Å². The number of carboxylic acid groups (broad SMARTS) is 1. The van der Waals surface area contributed by atoms with Crippen LogP contribution in [0, 0.1) is 0 Å². The quantitative estimate of drug-likeness (QED) is 0.456. The molecule has 1 aromatic carbocycles. The molecule has 0 aliphatic carbocycles. The maximum atomic E-state index is 10.3. The van der Waals surface area contributed by atoms with Gasteiger partial charge in [0, 0.05) is 30.5 Å². The van der Waals surface area contributed by atoms with Crippen molar-refractivity contribution in [3.05, 3.63) is 36.6 Å². The Labute approximate surface area is 122 Å². The highest BCUT2D eigenvalue weighted by Gasteiger charge is 2.05. The highest BCUT2D eigenvalue weighted by molar-refractivity contribution is 6.18. The van der Waals surface area contributed by atoms with E-state index in [2.05, 4.69) is 4.90 Å². The third-order valence-corrected chi connectivity index (χ3v) is 2.66. The Hall–Kier alpha value is -1.39. The average molecular weight is 304 g/mol. The number of hydrogen-bond acceptors (Lipinski definition) is 3. The molecule has 0 saturated heterocycles. The molecule has 104 valence electrons. The van der Waals surface area contributed by atoms with Crippen molar-refractivity contribution < 1.29 is 14.6 Å². The first kappa shape index (κ1) is 15.7. The number of alkyl halides is 2. The second kappa shape index (κ2) is 8.67. The van der Waals surface area contributed by atoms with E-state index in [1.165, 1.54) is 0 Å². The minimum Gasteiger partial charge on any atom is -0.478 e. The van der Waals surface area contributed by atoms with Crippen molar-refractivity contribution in [3.63, 3.8) is 0 Å². The average Bonchev–Trinajstić information content (AvgIpc) is 2.39. The van der Waals surface area contributed by atoms with Crippen molar-refractivity contribution in [3.8, 4) is 5.75 Å². The van der Waals surface area contributed by atoms with Gasteiger partial charge in [-0.25, -0.2) is 4.79 Å². The van der Waals surface area contributed by atoms with E-state index in [-0.39, 0.29) is 0 Å². The molecule has 0 saturated carbocycles. The Balaban J connectivity index is 2.65. The summed E-state index contributed by atoms with van der Waals surface area (Å²) in [6, 6.07) is 7.28. The third kappa shape index (κ3) is 5.85. The first-order chi connectivity index (χ1) is 9.17. The van der Waals surface area contributed by atoms with Crippen molar-refractivity contribution in [2.75, 3.05) is 29.7 Å². The first-order valence-corrected chi connectivity index (χ1v) is 6.77. The molecule has 1 aromatic rings. The molecule has 0 heterocycles. The molecule has 4 nitrogen and oxygen atoms in total. The van der Waals surface area contributed by atoms with Crippen molar-refractivity contribution >= 4 is 34.9 Å². The molecule has 1 rings (SSSR count). The lowest BCUT2D eigenvalue weighted by Gasteiger charge is -2.22. The van der Waals surface area contributed by atoms with Crippen LogP contribution in [0.15, 0.2) is 36.6 Å². The van der Waals surface area contributed by atoms with Crippen molar-refractivity contribution in [1.29, 1.82) is 0 Å². The number of anilines is 1. The molecular formula is C13H15Cl2NO3. The Kier molecular flexibility index (Phi) is 7.15. The van der Waals surface area contributed by atoms with Crippen LogP contribution in [-0.2, 0) is 4.79 Å². The van der Waals surface area contributed by atoms with Gasteiger partial charge in [-0.1, -0.05) is 0 Å². The van der Waals surface area contributed by atoms with Crippen LogP contribution in [0.4, 0.5) is 5.69 Å². The van der Waals surface area contributed by atoms with E-state index in [0.29, 0.717) is 30.6 Å². The van der Waals surface area contributed by atoms with Crippen LogP contribution in [0.1, 0.15) is 0 Å². The number of benzene rings is 1. The second-order valence-corrected chi connectivity index (χ2v) is 4.37. The van der Waals surface area contributed by atoms with Crippen LogP contribution in [0.3, 0.4) is 0 Å². The van der Waals surface area contributed by atoms with Gasteiger partial charge in [-0.2, -0.15) is 0 Å². The van der Waals surface area contributed by atoms with E-state index >= 15 is 0 Å². The molecule has 0 aliphatic heterocycles. The van der Waals surface area contributed by atoms with Crippen LogP contribution in [-0.4, -0.2) is 35.9 Å². The van der Waals surface area contributed by atoms with Gasteiger partial charge in [-0.15, -0.1) is 23.2 Å². The molecule has 0 aromatic heterocycles.